The lowest BCUT2D eigenvalue weighted by Crippen LogP contribution is -2.56. The van der Waals surface area contributed by atoms with Gasteiger partial charge in [0.15, 0.2) is 6.04 Å². The van der Waals surface area contributed by atoms with Crippen molar-refractivity contribution in [3.05, 3.63) is 10.4 Å². The Labute approximate surface area is 89.8 Å². The maximum atomic E-state index is 11.6. The zero-order valence-corrected chi connectivity index (χ0v) is 8.35. The Morgan fingerprint density at radius 2 is 2.44 bits per heavy atom. The Hall–Kier alpha value is -1.83. The second kappa shape index (κ2) is 4.79. The summed E-state index contributed by atoms with van der Waals surface area (Å²) in [4.78, 5) is 29.4. The molecule has 9 heteroatoms. The van der Waals surface area contributed by atoms with Crippen LogP contribution in [0.15, 0.2) is 5.11 Å². The number of aliphatic carboxylic acids is 1. The molecule has 1 saturated heterocycles. The molecule has 0 unspecified atom stereocenters. The highest BCUT2D eigenvalue weighted by atomic mass is 16.7. The van der Waals surface area contributed by atoms with Crippen molar-refractivity contribution in [3.8, 4) is 0 Å². The smallest absolute Gasteiger partial charge is 0.328 e. The standard InChI is InChI=1S/C7H10N4O5/c1-3(7(14)15)11-6(13)5(9-10-8)4(12)2-16-11/h3-5,12H,2H2,1H3,(H,14,15)/t3-,4+,5+/m1/s1. The number of hydroxylamine groups is 2. The average Bonchev–Trinajstić information content (AvgIpc) is 2.23. The maximum absolute atomic E-state index is 11.6. The second-order valence-electron chi connectivity index (χ2n) is 3.19. The Balaban J connectivity index is 2.88. The average molecular weight is 230 g/mol. The van der Waals surface area contributed by atoms with Crippen LogP contribution < -0.4 is 0 Å². The molecular formula is C7H10N4O5. The summed E-state index contributed by atoms with van der Waals surface area (Å²) in [5.74, 6) is -2.13. The van der Waals surface area contributed by atoms with E-state index in [-0.39, 0.29) is 6.61 Å². The third-order valence-electron chi connectivity index (χ3n) is 2.10. The molecule has 3 atom stereocenters. The quantitative estimate of drug-likeness (QED) is 0.374. The molecule has 0 aliphatic carbocycles. The van der Waals surface area contributed by atoms with Gasteiger partial charge in [0.2, 0.25) is 0 Å². The predicted octanol–water partition coefficient (Wildman–Crippen LogP) is -0.727. The van der Waals surface area contributed by atoms with Crippen LogP contribution in [0, 0.1) is 0 Å². The molecule has 0 saturated carbocycles. The van der Waals surface area contributed by atoms with E-state index in [2.05, 4.69) is 10.0 Å². The maximum Gasteiger partial charge on any atom is 0.328 e. The van der Waals surface area contributed by atoms with Crippen LogP contribution in [0.25, 0.3) is 10.4 Å². The van der Waals surface area contributed by atoms with Gasteiger partial charge in [-0.15, -0.1) is 0 Å². The van der Waals surface area contributed by atoms with Crippen molar-refractivity contribution in [2.75, 3.05) is 6.61 Å². The number of carbonyl (C=O) groups excluding carboxylic acids is 1. The SMILES string of the molecule is C[C@H](C(=O)O)N1OC[C@H](O)[C@H](N=[N+]=[N-])C1=O. The van der Waals surface area contributed by atoms with Gasteiger partial charge >= 0.3 is 5.97 Å². The van der Waals surface area contributed by atoms with Crippen LogP contribution in [-0.4, -0.2) is 51.9 Å². The minimum Gasteiger partial charge on any atom is -0.480 e. The Morgan fingerprint density at radius 3 is 2.94 bits per heavy atom. The van der Waals surface area contributed by atoms with Gasteiger partial charge in [-0.2, -0.15) is 0 Å². The number of carboxylic acid groups (broad SMARTS) is 1. The van der Waals surface area contributed by atoms with E-state index in [1.807, 2.05) is 0 Å². The van der Waals surface area contributed by atoms with Gasteiger partial charge in [-0.1, -0.05) is 5.11 Å². The van der Waals surface area contributed by atoms with Gasteiger partial charge in [-0.3, -0.25) is 9.63 Å². The highest BCUT2D eigenvalue weighted by Gasteiger charge is 2.40. The second-order valence-corrected chi connectivity index (χ2v) is 3.19. The van der Waals surface area contributed by atoms with Gasteiger partial charge in [0.25, 0.3) is 5.91 Å². The van der Waals surface area contributed by atoms with E-state index < -0.39 is 30.1 Å². The molecule has 0 aromatic heterocycles. The summed E-state index contributed by atoms with van der Waals surface area (Å²) < 4.78 is 0. The number of hydrogen-bond acceptors (Lipinski definition) is 5. The fourth-order valence-corrected chi connectivity index (χ4v) is 1.19. The van der Waals surface area contributed by atoms with E-state index in [0.29, 0.717) is 5.06 Å². The van der Waals surface area contributed by atoms with Gasteiger partial charge in [0, 0.05) is 4.91 Å². The van der Waals surface area contributed by atoms with E-state index in [9.17, 15) is 14.7 Å². The highest BCUT2D eigenvalue weighted by molar-refractivity contribution is 5.87. The number of azide groups is 1. The zero-order chi connectivity index (χ0) is 12.3. The van der Waals surface area contributed by atoms with Crippen LogP contribution in [0.2, 0.25) is 0 Å². The molecule has 1 aliphatic heterocycles. The van der Waals surface area contributed by atoms with Gasteiger partial charge in [-0.05, 0) is 12.5 Å². The molecule has 0 bridgehead atoms. The number of carbonyl (C=O) groups is 2. The van der Waals surface area contributed by atoms with E-state index >= 15 is 0 Å². The van der Waals surface area contributed by atoms with E-state index in [1.165, 1.54) is 6.92 Å². The molecule has 1 aliphatic rings. The number of rotatable bonds is 3. The minimum absolute atomic E-state index is 0.299. The molecule has 0 spiro atoms. The Kier molecular flexibility index (Phi) is 3.67. The van der Waals surface area contributed by atoms with Crippen LogP contribution in [0.3, 0.4) is 0 Å². The van der Waals surface area contributed by atoms with Gasteiger partial charge in [0.1, 0.15) is 12.6 Å². The lowest BCUT2D eigenvalue weighted by atomic mass is 10.1. The third kappa shape index (κ3) is 2.22. The lowest BCUT2D eigenvalue weighted by molar-refractivity contribution is -0.231. The van der Waals surface area contributed by atoms with Gasteiger partial charge in [-0.25, -0.2) is 9.86 Å². The van der Waals surface area contributed by atoms with Crippen molar-refractivity contribution >= 4 is 11.9 Å². The van der Waals surface area contributed by atoms with Crippen molar-refractivity contribution in [3.63, 3.8) is 0 Å². The number of aliphatic hydroxyl groups is 1. The van der Waals surface area contributed by atoms with Gasteiger partial charge < -0.3 is 10.2 Å². The van der Waals surface area contributed by atoms with E-state index in [4.69, 9.17) is 15.5 Å². The summed E-state index contributed by atoms with van der Waals surface area (Å²) >= 11 is 0. The molecule has 1 amide bonds. The number of amides is 1. The van der Waals surface area contributed by atoms with Crippen LogP contribution >= 0.6 is 0 Å². The summed E-state index contributed by atoms with van der Waals surface area (Å²) in [5, 5.41) is 21.7. The molecule has 0 aromatic carbocycles. The van der Waals surface area contributed by atoms with Crippen LogP contribution in [0.5, 0.6) is 0 Å². The normalized spacial score (nSPS) is 27.1. The molecule has 1 rings (SSSR count). The number of carboxylic acids is 1. The number of nitrogens with zero attached hydrogens (tertiary/aromatic N) is 4. The first-order chi connectivity index (χ1) is 7.49. The Morgan fingerprint density at radius 1 is 1.81 bits per heavy atom. The molecule has 88 valence electrons. The van der Waals surface area contributed by atoms with Gasteiger partial charge in [0.05, 0.1) is 6.10 Å². The summed E-state index contributed by atoms with van der Waals surface area (Å²) in [6.07, 6.45) is -1.26. The number of hydrogen-bond donors (Lipinski definition) is 2. The van der Waals surface area contributed by atoms with Crippen molar-refractivity contribution in [1.82, 2.24) is 5.06 Å². The Bertz CT molecular complexity index is 353. The van der Waals surface area contributed by atoms with Crippen LogP contribution in [-0.2, 0) is 14.4 Å². The predicted molar refractivity (Wildman–Crippen MR) is 48.8 cm³/mol. The number of aliphatic hydroxyl groups excluding tert-OH is 1. The third-order valence-corrected chi connectivity index (χ3v) is 2.10. The molecule has 16 heavy (non-hydrogen) atoms. The lowest BCUT2D eigenvalue weighted by Gasteiger charge is -2.34. The largest absolute Gasteiger partial charge is 0.480 e. The molecule has 0 radical (unpaired) electrons. The summed E-state index contributed by atoms with van der Waals surface area (Å²) in [6.45, 7) is 0.943. The van der Waals surface area contributed by atoms with Crippen molar-refractivity contribution < 1.29 is 24.6 Å². The van der Waals surface area contributed by atoms with Crippen LogP contribution in [0.4, 0.5) is 0 Å². The first kappa shape index (κ1) is 12.2. The summed E-state index contributed by atoms with van der Waals surface area (Å²) in [5.41, 5.74) is 8.21. The van der Waals surface area contributed by atoms with Crippen molar-refractivity contribution in [1.29, 1.82) is 0 Å². The summed E-state index contributed by atoms with van der Waals surface area (Å²) in [7, 11) is 0. The molecule has 1 heterocycles. The molecule has 9 nitrogen and oxygen atoms in total. The molecule has 0 aromatic rings. The minimum atomic E-state index is -1.35. The first-order valence-electron chi connectivity index (χ1n) is 4.40. The fourth-order valence-electron chi connectivity index (χ4n) is 1.19. The fraction of sp³-hybridized carbons (Fsp3) is 0.714. The van der Waals surface area contributed by atoms with Crippen molar-refractivity contribution in [2.45, 2.75) is 25.1 Å². The van der Waals surface area contributed by atoms with E-state index in [0.717, 1.165) is 0 Å². The molecule has 2 N–H and O–H groups in total. The van der Waals surface area contributed by atoms with E-state index in [1.54, 1.807) is 0 Å². The topological polar surface area (TPSA) is 136 Å². The highest BCUT2D eigenvalue weighted by Crippen LogP contribution is 2.16. The zero-order valence-electron chi connectivity index (χ0n) is 8.35. The van der Waals surface area contributed by atoms with Crippen LogP contribution in [0.1, 0.15) is 6.92 Å². The molecule has 1 fully saturated rings. The first-order valence-corrected chi connectivity index (χ1v) is 4.40. The monoisotopic (exact) mass is 230 g/mol. The van der Waals surface area contributed by atoms with Crippen molar-refractivity contribution in [2.24, 2.45) is 5.11 Å². The summed E-state index contributed by atoms with van der Waals surface area (Å²) in [6, 6.07) is -2.56. The molecular weight excluding hydrogens is 220 g/mol.